The minimum absolute atomic E-state index is 0.0897. The quantitative estimate of drug-likeness (QED) is 0.675. The molecule has 0 radical (unpaired) electrons. The highest BCUT2D eigenvalue weighted by atomic mass is 19.4. The maximum absolute atomic E-state index is 12.1. The third kappa shape index (κ3) is 5.68. The number of nitrogens with zero attached hydrogens (tertiary/aromatic N) is 2. The molecule has 1 aromatic heterocycles. The highest BCUT2D eigenvalue weighted by molar-refractivity contribution is 5.14. The molecule has 5 heteroatoms. The van der Waals surface area contributed by atoms with E-state index < -0.39 is 11.9 Å². The monoisotopic (exact) mass is 236 g/mol. The van der Waals surface area contributed by atoms with Crippen LogP contribution in [0.1, 0.15) is 44.8 Å². The van der Waals surface area contributed by atoms with Gasteiger partial charge in [-0.2, -0.15) is 13.2 Å². The number of alkyl halides is 3. The molecule has 0 atom stereocenters. The second kappa shape index (κ2) is 8.07. The molecule has 1 heterocycles. The fourth-order valence-electron chi connectivity index (χ4n) is 0.806. The first-order valence-electron chi connectivity index (χ1n) is 5.28. The van der Waals surface area contributed by atoms with Crippen LogP contribution in [-0.4, -0.2) is 9.97 Å². The van der Waals surface area contributed by atoms with Crippen LogP contribution in [0.3, 0.4) is 0 Å². The van der Waals surface area contributed by atoms with Crippen LogP contribution in [0.4, 0.5) is 13.2 Å². The summed E-state index contributed by atoms with van der Waals surface area (Å²) in [5.41, 5.74) is -0.719. The molecule has 0 aliphatic heterocycles. The van der Waals surface area contributed by atoms with Crippen LogP contribution < -0.4 is 0 Å². The number of hydrogen-bond donors (Lipinski definition) is 0. The van der Waals surface area contributed by atoms with Crippen LogP contribution in [0.25, 0.3) is 0 Å². The molecule has 0 N–H and O–H groups in total. The Labute approximate surface area is 94.9 Å². The van der Waals surface area contributed by atoms with Crippen molar-refractivity contribution in [2.45, 2.75) is 47.7 Å². The highest BCUT2D eigenvalue weighted by Gasteiger charge is 2.34. The van der Waals surface area contributed by atoms with Crippen LogP contribution in [-0.2, 0) is 6.18 Å². The Balaban J connectivity index is 0. The van der Waals surface area contributed by atoms with Crippen molar-refractivity contribution < 1.29 is 13.2 Å². The van der Waals surface area contributed by atoms with Gasteiger partial charge >= 0.3 is 6.18 Å². The second-order valence-electron chi connectivity index (χ2n) is 2.44. The Morgan fingerprint density at radius 2 is 1.44 bits per heavy atom. The minimum Gasteiger partial charge on any atom is -0.257 e. The van der Waals surface area contributed by atoms with Crippen molar-refractivity contribution in [1.29, 1.82) is 0 Å². The first kappa shape index (κ1) is 17.3. The predicted octanol–water partition coefficient (Wildman–Crippen LogP) is 4.16. The Morgan fingerprint density at radius 1 is 1.00 bits per heavy atom. The van der Waals surface area contributed by atoms with Gasteiger partial charge in [0.1, 0.15) is 0 Å². The molecule has 0 unspecified atom stereocenters. The van der Waals surface area contributed by atoms with Crippen molar-refractivity contribution in [3.63, 3.8) is 0 Å². The van der Waals surface area contributed by atoms with Crippen LogP contribution >= 0.6 is 0 Å². The lowest BCUT2D eigenvalue weighted by atomic mass is 10.3. The molecule has 0 aliphatic rings. The summed E-state index contributed by atoms with van der Waals surface area (Å²) in [6, 6.07) is 0. The first-order chi connectivity index (χ1) is 7.41. The first-order valence-corrected chi connectivity index (χ1v) is 5.28. The molecule has 0 aromatic carbocycles. The number of aryl methyl sites for hydroxylation is 2. The van der Waals surface area contributed by atoms with Crippen molar-refractivity contribution in [2.75, 3.05) is 0 Å². The van der Waals surface area contributed by atoms with Gasteiger partial charge in [-0.1, -0.05) is 27.7 Å². The lowest BCUT2D eigenvalue weighted by Crippen LogP contribution is -2.12. The summed E-state index contributed by atoms with van der Waals surface area (Å²) in [6.45, 7) is 10.8. The molecular weight excluding hydrogens is 217 g/mol. The van der Waals surface area contributed by atoms with Crippen LogP contribution in [0.5, 0.6) is 0 Å². The Morgan fingerprint density at radius 3 is 1.75 bits per heavy atom. The van der Waals surface area contributed by atoms with Gasteiger partial charge in [0.05, 0.1) is 11.4 Å². The molecule has 94 valence electrons. The SMILES string of the molecule is CC.CC.Cc1cnc(C)c(C(F)(F)F)n1. The number of rotatable bonds is 0. The zero-order valence-corrected chi connectivity index (χ0v) is 10.6. The summed E-state index contributed by atoms with van der Waals surface area (Å²) in [4.78, 5) is 6.92. The van der Waals surface area contributed by atoms with E-state index in [9.17, 15) is 13.2 Å². The molecule has 16 heavy (non-hydrogen) atoms. The molecular formula is C11H19F3N2. The zero-order valence-electron chi connectivity index (χ0n) is 10.6. The number of halogens is 3. The molecule has 0 amide bonds. The average Bonchev–Trinajstić information content (AvgIpc) is 2.26. The summed E-state index contributed by atoms with van der Waals surface area (Å²) >= 11 is 0. The molecule has 0 saturated carbocycles. The normalized spacial score (nSPS) is 9.56. The maximum atomic E-state index is 12.1. The molecule has 0 fully saturated rings. The highest BCUT2D eigenvalue weighted by Crippen LogP contribution is 2.28. The largest absolute Gasteiger partial charge is 0.435 e. The van der Waals surface area contributed by atoms with Crippen molar-refractivity contribution >= 4 is 0 Å². The van der Waals surface area contributed by atoms with Gasteiger partial charge in [-0.25, -0.2) is 4.98 Å². The molecule has 1 aromatic rings. The smallest absolute Gasteiger partial charge is 0.257 e. The Kier molecular flexibility index (Phi) is 8.71. The average molecular weight is 236 g/mol. The Hall–Kier alpha value is -1.13. The van der Waals surface area contributed by atoms with Gasteiger partial charge in [0.25, 0.3) is 0 Å². The van der Waals surface area contributed by atoms with Gasteiger partial charge in [-0.15, -0.1) is 0 Å². The summed E-state index contributed by atoms with van der Waals surface area (Å²) in [5, 5.41) is 0. The van der Waals surface area contributed by atoms with Crippen LogP contribution in [0.2, 0.25) is 0 Å². The molecule has 0 saturated heterocycles. The topological polar surface area (TPSA) is 25.8 Å². The van der Waals surface area contributed by atoms with Gasteiger partial charge in [-0.05, 0) is 13.8 Å². The van der Waals surface area contributed by atoms with E-state index in [0.717, 1.165) is 0 Å². The van der Waals surface area contributed by atoms with Gasteiger partial charge in [0, 0.05) is 6.20 Å². The second-order valence-corrected chi connectivity index (χ2v) is 2.44. The van der Waals surface area contributed by atoms with E-state index in [-0.39, 0.29) is 11.4 Å². The van der Waals surface area contributed by atoms with E-state index in [1.54, 1.807) is 0 Å². The molecule has 0 aliphatic carbocycles. The Bertz CT molecular complexity index is 296. The fraction of sp³-hybridized carbons (Fsp3) is 0.636. The molecule has 0 spiro atoms. The van der Waals surface area contributed by atoms with Crippen LogP contribution in [0.15, 0.2) is 6.20 Å². The van der Waals surface area contributed by atoms with Crippen molar-refractivity contribution in [2.24, 2.45) is 0 Å². The number of hydrogen-bond acceptors (Lipinski definition) is 2. The van der Waals surface area contributed by atoms with Crippen molar-refractivity contribution in [1.82, 2.24) is 9.97 Å². The molecule has 2 nitrogen and oxygen atoms in total. The minimum atomic E-state index is -4.40. The standard InChI is InChI=1S/C7H7F3N2.2C2H6/c1-4-3-11-5(2)6(12-4)7(8,9)10;2*1-2/h3H,1-2H3;2*1-2H3. The van der Waals surface area contributed by atoms with E-state index in [1.165, 1.54) is 20.0 Å². The van der Waals surface area contributed by atoms with Gasteiger partial charge in [-0.3, -0.25) is 4.98 Å². The fourth-order valence-corrected chi connectivity index (χ4v) is 0.806. The van der Waals surface area contributed by atoms with Gasteiger partial charge in [0.2, 0.25) is 0 Å². The van der Waals surface area contributed by atoms with Gasteiger partial charge < -0.3 is 0 Å². The number of aromatic nitrogens is 2. The predicted molar refractivity (Wildman–Crippen MR) is 59.2 cm³/mol. The van der Waals surface area contributed by atoms with Crippen LogP contribution in [0, 0.1) is 13.8 Å². The van der Waals surface area contributed by atoms with E-state index in [2.05, 4.69) is 9.97 Å². The van der Waals surface area contributed by atoms with Crippen molar-refractivity contribution in [3.05, 3.63) is 23.3 Å². The third-order valence-electron chi connectivity index (χ3n) is 1.34. The lowest BCUT2D eigenvalue weighted by molar-refractivity contribution is -0.142. The molecule has 0 bridgehead atoms. The van der Waals surface area contributed by atoms with Gasteiger partial charge in [0.15, 0.2) is 5.69 Å². The third-order valence-corrected chi connectivity index (χ3v) is 1.34. The van der Waals surface area contributed by atoms with E-state index in [1.807, 2.05) is 27.7 Å². The zero-order chi connectivity index (χ0) is 13.4. The summed E-state index contributed by atoms with van der Waals surface area (Å²) in [7, 11) is 0. The maximum Gasteiger partial charge on any atom is 0.435 e. The molecule has 1 rings (SSSR count). The summed E-state index contributed by atoms with van der Waals surface area (Å²) in [5.74, 6) is 0. The van der Waals surface area contributed by atoms with E-state index >= 15 is 0 Å². The lowest BCUT2D eigenvalue weighted by Gasteiger charge is -2.07. The summed E-state index contributed by atoms with van der Waals surface area (Å²) < 4.78 is 36.4. The van der Waals surface area contributed by atoms with Crippen molar-refractivity contribution in [3.8, 4) is 0 Å². The van der Waals surface area contributed by atoms with E-state index in [4.69, 9.17) is 0 Å². The summed E-state index contributed by atoms with van der Waals surface area (Å²) in [6.07, 6.45) is -3.09. The van der Waals surface area contributed by atoms with E-state index in [0.29, 0.717) is 0 Å².